The molecule has 0 radical (unpaired) electrons. The van der Waals surface area contributed by atoms with Crippen molar-refractivity contribution in [3.63, 3.8) is 0 Å². The van der Waals surface area contributed by atoms with Crippen LogP contribution in [-0.2, 0) is 16.0 Å². The Labute approximate surface area is 147 Å². The first-order chi connectivity index (χ1) is 12.0. The summed E-state index contributed by atoms with van der Waals surface area (Å²) in [6.07, 6.45) is 1.27. The van der Waals surface area contributed by atoms with Crippen LogP contribution in [0.4, 0.5) is 4.79 Å². The van der Waals surface area contributed by atoms with Gasteiger partial charge in [-0.2, -0.15) is 0 Å². The van der Waals surface area contributed by atoms with Crippen LogP contribution >= 0.6 is 0 Å². The SMILES string of the molecule is COc1ccc(CC[C@@]2(C)NC(=O)N(CN3CCOCC3)C2=O)cc1. The van der Waals surface area contributed by atoms with Crippen LogP contribution in [0, 0.1) is 0 Å². The Morgan fingerprint density at radius 3 is 2.52 bits per heavy atom. The van der Waals surface area contributed by atoms with E-state index in [4.69, 9.17) is 9.47 Å². The van der Waals surface area contributed by atoms with E-state index >= 15 is 0 Å². The molecule has 0 spiro atoms. The fourth-order valence-corrected chi connectivity index (χ4v) is 3.17. The first-order valence-corrected chi connectivity index (χ1v) is 8.59. The maximum Gasteiger partial charge on any atom is 0.326 e. The van der Waals surface area contributed by atoms with Gasteiger partial charge in [0.1, 0.15) is 11.3 Å². The van der Waals surface area contributed by atoms with Crippen molar-refractivity contribution in [2.45, 2.75) is 25.3 Å². The lowest BCUT2D eigenvalue weighted by Crippen LogP contribution is -2.48. The molecule has 0 aromatic heterocycles. The fourth-order valence-electron chi connectivity index (χ4n) is 3.17. The molecule has 0 unspecified atom stereocenters. The number of benzene rings is 1. The van der Waals surface area contributed by atoms with Gasteiger partial charge in [-0.1, -0.05) is 12.1 Å². The van der Waals surface area contributed by atoms with Crippen molar-refractivity contribution in [3.05, 3.63) is 29.8 Å². The van der Waals surface area contributed by atoms with Crippen molar-refractivity contribution < 1.29 is 19.1 Å². The number of aryl methyl sites for hydroxylation is 1. The number of carbonyl (C=O) groups excluding carboxylic acids is 2. The van der Waals surface area contributed by atoms with Gasteiger partial charge in [0.05, 0.1) is 27.0 Å². The average Bonchev–Trinajstić information content (AvgIpc) is 2.85. The van der Waals surface area contributed by atoms with Crippen molar-refractivity contribution in [2.75, 3.05) is 40.1 Å². The van der Waals surface area contributed by atoms with Crippen molar-refractivity contribution in [1.29, 1.82) is 0 Å². The van der Waals surface area contributed by atoms with Gasteiger partial charge in [0.25, 0.3) is 5.91 Å². The zero-order chi connectivity index (χ0) is 17.9. The predicted octanol–water partition coefficient (Wildman–Crippen LogP) is 1.23. The second-order valence-corrected chi connectivity index (χ2v) is 6.72. The van der Waals surface area contributed by atoms with E-state index in [0.29, 0.717) is 32.7 Å². The molecule has 7 heteroatoms. The number of morpholine rings is 1. The van der Waals surface area contributed by atoms with Gasteiger partial charge in [0, 0.05) is 13.1 Å². The minimum absolute atomic E-state index is 0.155. The molecule has 2 saturated heterocycles. The Morgan fingerprint density at radius 2 is 1.88 bits per heavy atom. The van der Waals surface area contributed by atoms with Crippen molar-refractivity contribution in [3.8, 4) is 5.75 Å². The highest BCUT2D eigenvalue weighted by Gasteiger charge is 2.47. The molecule has 0 aliphatic carbocycles. The van der Waals surface area contributed by atoms with Gasteiger partial charge in [-0.25, -0.2) is 9.69 Å². The van der Waals surface area contributed by atoms with Crippen molar-refractivity contribution in [2.24, 2.45) is 0 Å². The highest BCUT2D eigenvalue weighted by molar-refractivity contribution is 6.06. The molecule has 2 aliphatic rings. The van der Waals surface area contributed by atoms with E-state index in [-0.39, 0.29) is 11.9 Å². The van der Waals surface area contributed by atoms with Crippen LogP contribution in [0.25, 0.3) is 0 Å². The summed E-state index contributed by atoms with van der Waals surface area (Å²) in [7, 11) is 1.63. The van der Waals surface area contributed by atoms with Gasteiger partial charge in [0.15, 0.2) is 0 Å². The molecule has 3 rings (SSSR count). The van der Waals surface area contributed by atoms with Crippen LogP contribution in [0.2, 0.25) is 0 Å². The van der Waals surface area contributed by atoms with Gasteiger partial charge >= 0.3 is 6.03 Å². The summed E-state index contributed by atoms with van der Waals surface area (Å²) in [5.74, 6) is 0.648. The van der Waals surface area contributed by atoms with E-state index in [0.717, 1.165) is 24.4 Å². The largest absolute Gasteiger partial charge is 0.497 e. The molecule has 1 atom stereocenters. The van der Waals surface area contributed by atoms with Gasteiger partial charge in [-0.15, -0.1) is 0 Å². The standard InChI is InChI=1S/C18H25N3O4/c1-18(8-7-14-3-5-15(24-2)6-4-14)16(22)21(17(23)19-18)13-20-9-11-25-12-10-20/h3-6H,7-13H2,1-2H3,(H,19,23)/t18-/m1/s1. The predicted molar refractivity (Wildman–Crippen MR) is 92.4 cm³/mol. The molecular formula is C18H25N3O4. The zero-order valence-electron chi connectivity index (χ0n) is 14.8. The average molecular weight is 347 g/mol. The van der Waals surface area contributed by atoms with Crippen LogP contribution in [0.1, 0.15) is 18.9 Å². The van der Waals surface area contributed by atoms with Crippen molar-refractivity contribution >= 4 is 11.9 Å². The molecule has 2 heterocycles. The monoisotopic (exact) mass is 347 g/mol. The summed E-state index contributed by atoms with van der Waals surface area (Å²) in [5.41, 5.74) is 0.249. The van der Waals surface area contributed by atoms with E-state index < -0.39 is 5.54 Å². The van der Waals surface area contributed by atoms with Crippen LogP contribution in [0.3, 0.4) is 0 Å². The summed E-state index contributed by atoms with van der Waals surface area (Å²) in [5, 5.41) is 2.87. The van der Waals surface area contributed by atoms with E-state index in [1.807, 2.05) is 24.3 Å². The number of amides is 3. The summed E-state index contributed by atoms with van der Waals surface area (Å²) in [6, 6.07) is 7.45. The highest BCUT2D eigenvalue weighted by atomic mass is 16.5. The number of carbonyl (C=O) groups is 2. The first kappa shape index (κ1) is 17.7. The maximum atomic E-state index is 12.8. The van der Waals surface area contributed by atoms with Gasteiger partial charge < -0.3 is 14.8 Å². The number of hydrogen-bond acceptors (Lipinski definition) is 5. The molecular weight excluding hydrogens is 322 g/mol. The summed E-state index contributed by atoms with van der Waals surface area (Å²) < 4.78 is 10.5. The van der Waals surface area contributed by atoms with E-state index in [9.17, 15) is 9.59 Å². The Kier molecular flexibility index (Phi) is 5.24. The Hall–Kier alpha value is -2.12. The van der Waals surface area contributed by atoms with E-state index in [1.54, 1.807) is 14.0 Å². The molecule has 7 nitrogen and oxygen atoms in total. The van der Waals surface area contributed by atoms with E-state index in [2.05, 4.69) is 10.2 Å². The third-order valence-electron chi connectivity index (χ3n) is 4.86. The van der Waals surface area contributed by atoms with Crippen LogP contribution in [-0.4, -0.2) is 67.4 Å². The number of imide groups is 1. The molecule has 136 valence electrons. The fraction of sp³-hybridized carbons (Fsp3) is 0.556. The lowest BCUT2D eigenvalue weighted by Gasteiger charge is -2.29. The zero-order valence-corrected chi connectivity index (χ0v) is 14.8. The van der Waals surface area contributed by atoms with Crippen LogP contribution < -0.4 is 10.1 Å². The minimum Gasteiger partial charge on any atom is -0.497 e. The Morgan fingerprint density at radius 1 is 1.20 bits per heavy atom. The third-order valence-corrected chi connectivity index (χ3v) is 4.86. The smallest absolute Gasteiger partial charge is 0.326 e. The van der Waals surface area contributed by atoms with Gasteiger partial charge in [-0.05, 0) is 37.5 Å². The molecule has 3 amide bonds. The molecule has 1 N–H and O–H groups in total. The number of methoxy groups -OCH3 is 1. The number of rotatable bonds is 6. The minimum atomic E-state index is -0.858. The number of nitrogens with zero attached hydrogens (tertiary/aromatic N) is 2. The number of hydrogen-bond donors (Lipinski definition) is 1. The van der Waals surface area contributed by atoms with Crippen molar-refractivity contribution in [1.82, 2.24) is 15.1 Å². The van der Waals surface area contributed by atoms with Gasteiger partial charge in [0.2, 0.25) is 0 Å². The highest BCUT2D eigenvalue weighted by Crippen LogP contribution is 2.24. The molecule has 0 saturated carbocycles. The molecule has 2 aliphatic heterocycles. The molecule has 2 fully saturated rings. The normalized spacial score (nSPS) is 24.5. The molecule has 25 heavy (non-hydrogen) atoms. The topological polar surface area (TPSA) is 71.1 Å². The summed E-state index contributed by atoms with van der Waals surface area (Å²) in [6.45, 7) is 4.87. The first-order valence-electron chi connectivity index (χ1n) is 8.59. The second-order valence-electron chi connectivity index (χ2n) is 6.72. The van der Waals surface area contributed by atoms with Crippen LogP contribution in [0.5, 0.6) is 5.75 Å². The quantitative estimate of drug-likeness (QED) is 0.784. The molecule has 1 aromatic rings. The number of nitrogens with one attached hydrogen (secondary N) is 1. The summed E-state index contributed by atoms with van der Waals surface area (Å²) in [4.78, 5) is 28.5. The number of ether oxygens (including phenoxy) is 2. The van der Waals surface area contributed by atoms with Gasteiger partial charge in [-0.3, -0.25) is 9.69 Å². The third kappa shape index (κ3) is 3.93. The Bertz CT molecular complexity index is 628. The molecule has 1 aromatic carbocycles. The molecule has 0 bridgehead atoms. The Balaban J connectivity index is 1.60. The lowest BCUT2D eigenvalue weighted by molar-refractivity contribution is -0.133. The lowest BCUT2D eigenvalue weighted by atomic mass is 9.93. The second kappa shape index (κ2) is 7.41. The van der Waals surface area contributed by atoms with Crippen LogP contribution in [0.15, 0.2) is 24.3 Å². The number of urea groups is 1. The maximum absolute atomic E-state index is 12.8. The summed E-state index contributed by atoms with van der Waals surface area (Å²) >= 11 is 0. The van der Waals surface area contributed by atoms with E-state index in [1.165, 1.54) is 4.90 Å².